The van der Waals surface area contributed by atoms with E-state index in [1.165, 1.54) is 10.8 Å². The third-order valence-electron chi connectivity index (χ3n) is 4.70. The van der Waals surface area contributed by atoms with Crippen LogP contribution in [0.25, 0.3) is 34.1 Å². The Morgan fingerprint density at radius 1 is 1.00 bits per heavy atom. The third kappa shape index (κ3) is 3.12. The first-order chi connectivity index (χ1) is 12.7. The maximum absolute atomic E-state index is 9.78. The van der Waals surface area contributed by atoms with Crippen LogP contribution in [0.4, 0.5) is 0 Å². The zero-order chi connectivity index (χ0) is 18.7. The number of hydrogen-bond donors (Lipinski definition) is 2. The lowest BCUT2D eigenvalue weighted by molar-refractivity contribution is 0.425. The molecule has 0 atom stereocenters. The van der Waals surface area contributed by atoms with Gasteiger partial charge in [-0.05, 0) is 62.6 Å². The lowest BCUT2D eigenvalue weighted by Crippen LogP contribution is -2.35. The fraction of sp³-hybridized carbons (Fsp3) is 0.130. The summed E-state index contributed by atoms with van der Waals surface area (Å²) in [6, 6.07) is 16.7. The molecular formula is C23H23BO2. The van der Waals surface area contributed by atoms with Crippen molar-refractivity contribution in [1.82, 2.24) is 0 Å². The van der Waals surface area contributed by atoms with E-state index in [9.17, 15) is 10.0 Å². The molecule has 0 amide bonds. The van der Waals surface area contributed by atoms with Gasteiger partial charge in [-0.1, -0.05) is 75.1 Å². The van der Waals surface area contributed by atoms with Gasteiger partial charge in [0.1, 0.15) is 0 Å². The molecule has 3 aromatic carbocycles. The van der Waals surface area contributed by atoms with E-state index in [-0.39, 0.29) is 0 Å². The summed E-state index contributed by atoms with van der Waals surface area (Å²) in [5.41, 5.74) is 5.61. The maximum atomic E-state index is 9.78. The Balaban J connectivity index is 0.000000948. The van der Waals surface area contributed by atoms with Crippen molar-refractivity contribution < 1.29 is 10.0 Å². The minimum Gasteiger partial charge on any atom is -0.423 e. The number of hydrogen-bond acceptors (Lipinski definition) is 2. The molecule has 0 aliphatic heterocycles. The van der Waals surface area contributed by atoms with Crippen LogP contribution in [-0.4, -0.2) is 17.2 Å². The molecule has 26 heavy (non-hydrogen) atoms. The van der Waals surface area contributed by atoms with Crippen molar-refractivity contribution in [2.45, 2.75) is 20.3 Å². The Morgan fingerprint density at radius 3 is 2.42 bits per heavy atom. The van der Waals surface area contributed by atoms with Crippen LogP contribution < -0.4 is 5.46 Å². The van der Waals surface area contributed by atoms with Crippen LogP contribution >= 0.6 is 0 Å². The van der Waals surface area contributed by atoms with Gasteiger partial charge in [-0.2, -0.15) is 0 Å². The third-order valence-corrected chi connectivity index (χ3v) is 4.70. The molecule has 1 aliphatic rings. The van der Waals surface area contributed by atoms with Crippen molar-refractivity contribution in [1.29, 1.82) is 0 Å². The van der Waals surface area contributed by atoms with Crippen LogP contribution in [-0.2, 0) is 6.42 Å². The molecule has 130 valence electrons. The first-order valence-corrected chi connectivity index (χ1v) is 9.03. The van der Waals surface area contributed by atoms with Crippen LogP contribution in [0.1, 0.15) is 30.5 Å². The second kappa shape index (κ2) is 7.73. The Labute approximate surface area is 155 Å². The standard InChI is InChI=1S/C21H17BO2.C2H6/c1-2-14-13-20(18-8-5-9-19(18)21(14)22(23)24)17-11-10-15-6-3-4-7-16(15)12-17;1-2/h2-7,9-13,23-24H,1,8H2;1-2H3. The highest BCUT2D eigenvalue weighted by molar-refractivity contribution is 6.60. The average Bonchev–Trinajstić information content (AvgIpc) is 3.17. The van der Waals surface area contributed by atoms with Gasteiger partial charge >= 0.3 is 7.12 Å². The molecule has 3 heteroatoms. The summed E-state index contributed by atoms with van der Waals surface area (Å²) < 4.78 is 0. The molecule has 0 fully saturated rings. The van der Waals surface area contributed by atoms with Gasteiger partial charge in [-0.25, -0.2) is 0 Å². The van der Waals surface area contributed by atoms with E-state index in [2.05, 4.69) is 43.0 Å². The molecular weight excluding hydrogens is 319 g/mol. The van der Waals surface area contributed by atoms with Crippen molar-refractivity contribution in [3.8, 4) is 11.1 Å². The monoisotopic (exact) mass is 342 g/mol. The summed E-state index contributed by atoms with van der Waals surface area (Å²) in [5, 5.41) is 22.0. The predicted octanol–water partition coefficient (Wildman–Crippen LogP) is 4.43. The lowest BCUT2D eigenvalue weighted by atomic mass is 9.71. The summed E-state index contributed by atoms with van der Waals surface area (Å²) in [6.45, 7) is 7.84. The SMILES string of the molecule is C=Cc1cc(-c2ccc3ccccc3c2)c2c(c1B(O)O)C=CC2.CC. The van der Waals surface area contributed by atoms with Crippen molar-refractivity contribution in [3.05, 3.63) is 77.9 Å². The number of rotatable bonds is 3. The summed E-state index contributed by atoms with van der Waals surface area (Å²) in [7, 11) is -1.50. The lowest BCUT2D eigenvalue weighted by Gasteiger charge is -2.17. The first-order valence-electron chi connectivity index (χ1n) is 9.03. The molecule has 2 N–H and O–H groups in total. The van der Waals surface area contributed by atoms with E-state index in [1.54, 1.807) is 6.08 Å². The molecule has 0 saturated carbocycles. The minimum absolute atomic E-state index is 0.540. The molecule has 0 aromatic heterocycles. The number of fused-ring (bicyclic) bond motifs is 2. The van der Waals surface area contributed by atoms with Gasteiger partial charge in [-0.3, -0.25) is 0 Å². The van der Waals surface area contributed by atoms with Crippen molar-refractivity contribution in [3.63, 3.8) is 0 Å². The second-order valence-electron chi connectivity index (χ2n) is 6.07. The second-order valence-corrected chi connectivity index (χ2v) is 6.07. The molecule has 2 nitrogen and oxygen atoms in total. The summed E-state index contributed by atoms with van der Waals surface area (Å²) in [6.07, 6.45) is 6.52. The highest BCUT2D eigenvalue weighted by Gasteiger charge is 2.25. The van der Waals surface area contributed by atoms with E-state index >= 15 is 0 Å². The quantitative estimate of drug-likeness (QED) is 0.692. The molecule has 1 aliphatic carbocycles. The first kappa shape index (κ1) is 18.2. The van der Waals surface area contributed by atoms with E-state index in [0.29, 0.717) is 5.46 Å². The predicted molar refractivity (Wildman–Crippen MR) is 113 cm³/mol. The van der Waals surface area contributed by atoms with E-state index in [1.807, 2.05) is 38.1 Å². The molecule has 0 heterocycles. The van der Waals surface area contributed by atoms with Gasteiger partial charge < -0.3 is 10.0 Å². The van der Waals surface area contributed by atoms with Crippen molar-refractivity contribution in [2.75, 3.05) is 0 Å². The number of benzene rings is 3. The molecule has 0 saturated heterocycles. The van der Waals surface area contributed by atoms with Crippen LogP contribution in [0.2, 0.25) is 0 Å². The Hall–Kier alpha value is -2.62. The maximum Gasteiger partial charge on any atom is 0.489 e. The average molecular weight is 342 g/mol. The molecule has 4 rings (SSSR count). The van der Waals surface area contributed by atoms with Crippen LogP contribution in [0.3, 0.4) is 0 Å². The molecule has 0 unspecified atom stereocenters. The Bertz CT molecular complexity index is 987. The van der Waals surface area contributed by atoms with Gasteiger partial charge in [0, 0.05) is 0 Å². The van der Waals surface area contributed by atoms with Gasteiger partial charge in [0.05, 0.1) is 0 Å². The largest absolute Gasteiger partial charge is 0.489 e. The van der Waals surface area contributed by atoms with E-state index in [4.69, 9.17) is 0 Å². The summed E-state index contributed by atoms with van der Waals surface area (Å²) in [4.78, 5) is 0. The van der Waals surface area contributed by atoms with Gasteiger partial charge in [0.15, 0.2) is 0 Å². The van der Waals surface area contributed by atoms with Gasteiger partial charge in [-0.15, -0.1) is 0 Å². The van der Waals surface area contributed by atoms with Crippen molar-refractivity contribution in [2.24, 2.45) is 0 Å². The highest BCUT2D eigenvalue weighted by atomic mass is 16.4. The topological polar surface area (TPSA) is 40.5 Å². The minimum atomic E-state index is -1.50. The van der Waals surface area contributed by atoms with Crippen LogP contribution in [0, 0.1) is 0 Å². The zero-order valence-electron chi connectivity index (χ0n) is 15.2. The van der Waals surface area contributed by atoms with E-state index in [0.717, 1.165) is 34.2 Å². The molecule has 3 aromatic rings. The molecule has 0 spiro atoms. The van der Waals surface area contributed by atoms with Crippen LogP contribution in [0.5, 0.6) is 0 Å². The Kier molecular flexibility index (Phi) is 5.41. The number of allylic oxidation sites excluding steroid dienone is 1. The fourth-order valence-electron chi connectivity index (χ4n) is 3.56. The normalized spacial score (nSPS) is 11.7. The molecule has 0 bridgehead atoms. The summed E-state index contributed by atoms with van der Waals surface area (Å²) >= 11 is 0. The van der Waals surface area contributed by atoms with Crippen LogP contribution in [0.15, 0.2) is 61.2 Å². The highest BCUT2D eigenvalue weighted by Crippen LogP contribution is 2.33. The fourth-order valence-corrected chi connectivity index (χ4v) is 3.56. The summed E-state index contributed by atoms with van der Waals surface area (Å²) in [5.74, 6) is 0. The van der Waals surface area contributed by atoms with E-state index < -0.39 is 7.12 Å². The van der Waals surface area contributed by atoms with Gasteiger partial charge in [0.2, 0.25) is 0 Å². The van der Waals surface area contributed by atoms with Gasteiger partial charge in [0.25, 0.3) is 0 Å². The van der Waals surface area contributed by atoms with Crippen molar-refractivity contribution >= 4 is 35.5 Å². The molecule has 0 radical (unpaired) electrons. The Morgan fingerprint density at radius 2 is 1.73 bits per heavy atom. The zero-order valence-corrected chi connectivity index (χ0v) is 15.2. The smallest absolute Gasteiger partial charge is 0.423 e.